The number of Topliss-reactive ketones (excluding diaryl/α,β-unsaturated/α-hetero) is 1. The summed E-state index contributed by atoms with van der Waals surface area (Å²) >= 11 is 0. The average molecular weight is 255 g/mol. The molecule has 2 aliphatic heterocycles. The van der Waals surface area contributed by atoms with Crippen LogP contribution in [0, 0.1) is 5.92 Å². The predicted molar refractivity (Wildman–Crippen MR) is 75.4 cm³/mol. The number of benzene rings is 1. The molecule has 100 valence electrons. The first kappa shape index (κ1) is 11.7. The number of fused-ring (bicyclic) bond motifs is 2. The summed E-state index contributed by atoms with van der Waals surface area (Å²) in [5.41, 5.74) is 2.34. The van der Waals surface area contributed by atoms with Crippen LogP contribution in [-0.4, -0.2) is 17.9 Å². The molecule has 0 spiro atoms. The van der Waals surface area contributed by atoms with Gasteiger partial charge in [0.1, 0.15) is 0 Å². The predicted octanol–water partition coefficient (Wildman–Crippen LogP) is 3.28. The molecule has 1 aromatic rings. The Hall–Kier alpha value is -1.15. The lowest BCUT2D eigenvalue weighted by molar-refractivity contribution is 0.0898. The molecule has 2 heterocycles. The van der Waals surface area contributed by atoms with E-state index in [0.717, 1.165) is 12.0 Å². The summed E-state index contributed by atoms with van der Waals surface area (Å²) in [5, 5.41) is 3.58. The van der Waals surface area contributed by atoms with E-state index in [9.17, 15) is 4.79 Å². The Labute approximate surface area is 114 Å². The van der Waals surface area contributed by atoms with E-state index in [-0.39, 0.29) is 5.92 Å². The topological polar surface area (TPSA) is 29.1 Å². The molecule has 2 saturated heterocycles. The zero-order valence-electron chi connectivity index (χ0n) is 11.3. The first-order valence-corrected chi connectivity index (χ1v) is 7.72. The lowest BCUT2D eigenvalue weighted by Gasteiger charge is -2.29. The van der Waals surface area contributed by atoms with Crippen molar-refractivity contribution in [1.29, 1.82) is 0 Å². The minimum absolute atomic E-state index is 0.236. The maximum Gasteiger partial charge on any atom is 0.167 e. The summed E-state index contributed by atoms with van der Waals surface area (Å²) in [6, 6.07) is 9.40. The number of ketones is 1. The van der Waals surface area contributed by atoms with Crippen LogP contribution < -0.4 is 5.32 Å². The van der Waals surface area contributed by atoms with E-state index >= 15 is 0 Å². The second-order valence-corrected chi connectivity index (χ2v) is 6.47. The Kier molecular flexibility index (Phi) is 2.73. The fourth-order valence-corrected chi connectivity index (χ4v) is 4.11. The molecular weight excluding hydrogens is 234 g/mol. The Morgan fingerprint density at radius 2 is 1.95 bits per heavy atom. The first-order chi connectivity index (χ1) is 9.33. The van der Waals surface area contributed by atoms with Crippen molar-refractivity contribution in [3.63, 3.8) is 0 Å². The van der Waals surface area contributed by atoms with Crippen LogP contribution in [0.4, 0.5) is 0 Å². The summed E-state index contributed by atoms with van der Waals surface area (Å²) in [6.45, 7) is 0. The van der Waals surface area contributed by atoms with Crippen LogP contribution in [0.15, 0.2) is 24.3 Å². The molecule has 2 nitrogen and oxygen atoms in total. The summed E-state index contributed by atoms with van der Waals surface area (Å²) in [5.74, 6) is 1.29. The molecule has 2 bridgehead atoms. The van der Waals surface area contributed by atoms with Gasteiger partial charge in [-0.25, -0.2) is 0 Å². The highest BCUT2D eigenvalue weighted by atomic mass is 16.1. The molecule has 3 aliphatic rings. The van der Waals surface area contributed by atoms with Gasteiger partial charge in [-0.1, -0.05) is 30.7 Å². The summed E-state index contributed by atoms with van der Waals surface area (Å²) in [7, 11) is 0. The van der Waals surface area contributed by atoms with E-state index in [0.29, 0.717) is 23.8 Å². The molecule has 0 radical (unpaired) electrons. The van der Waals surface area contributed by atoms with Crippen LogP contribution in [0.3, 0.4) is 0 Å². The Bertz CT molecular complexity index is 506. The Balaban J connectivity index is 1.63. The third-order valence-electron chi connectivity index (χ3n) is 5.41. The molecule has 19 heavy (non-hydrogen) atoms. The Morgan fingerprint density at radius 3 is 2.58 bits per heavy atom. The summed E-state index contributed by atoms with van der Waals surface area (Å²) < 4.78 is 0. The quantitative estimate of drug-likeness (QED) is 0.840. The van der Waals surface area contributed by atoms with Crippen molar-refractivity contribution in [2.24, 2.45) is 5.92 Å². The highest BCUT2D eigenvalue weighted by molar-refractivity contribution is 6.00. The van der Waals surface area contributed by atoms with Crippen LogP contribution >= 0.6 is 0 Å². The minimum Gasteiger partial charge on any atom is -0.310 e. The van der Waals surface area contributed by atoms with Crippen LogP contribution in [0.5, 0.6) is 0 Å². The van der Waals surface area contributed by atoms with E-state index in [1.165, 1.54) is 37.7 Å². The molecule has 3 fully saturated rings. The maximum atomic E-state index is 12.9. The third kappa shape index (κ3) is 1.85. The molecule has 0 aromatic heterocycles. The van der Waals surface area contributed by atoms with Gasteiger partial charge in [0.25, 0.3) is 0 Å². The highest BCUT2D eigenvalue weighted by Gasteiger charge is 2.43. The average Bonchev–Trinajstić information content (AvgIpc) is 2.99. The molecule has 0 amide bonds. The SMILES string of the molecule is O=C(c1ccccc1C1CCC1)C1CC2CCC1N2. The van der Waals surface area contributed by atoms with Gasteiger partial charge in [-0.15, -0.1) is 0 Å². The zero-order valence-corrected chi connectivity index (χ0v) is 11.3. The minimum atomic E-state index is 0.236. The molecule has 2 heteroatoms. The van der Waals surface area contributed by atoms with Crippen molar-refractivity contribution in [1.82, 2.24) is 5.32 Å². The standard InChI is InChI=1S/C17H21NO/c19-17(15-10-12-8-9-16(15)18-12)14-7-2-1-6-13(14)11-4-3-5-11/h1-2,6-7,11-12,15-16,18H,3-5,8-10H2. The van der Waals surface area contributed by atoms with Crippen LogP contribution in [-0.2, 0) is 0 Å². The largest absolute Gasteiger partial charge is 0.310 e. The van der Waals surface area contributed by atoms with E-state index in [4.69, 9.17) is 0 Å². The number of carbonyl (C=O) groups is 1. The lowest BCUT2D eigenvalue weighted by atomic mass is 9.75. The maximum absolute atomic E-state index is 12.9. The van der Waals surface area contributed by atoms with E-state index < -0.39 is 0 Å². The smallest absolute Gasteiger partial charge is 0.167 e. The molecule has 3 atom stereocenters. The Morgan fingerprint density at radius 1 is 1.11 bits per heavy atom. The van der Waals surface area contributed by atoms with Gasteiger partial charge in [0, 0.05) is 23.6 Å². The molecular formula is C17H21NO. The van der Waals surface area contributed by atoms with Crippen molar-refractivity contribution in [2.75, 3.05) is 0 Å². The van der Waals surface area contributed by atoms with Crippen LogP contribution in [0.2, 0.25) is 0 Å². The van der Waals surface area contributed by atoms with Crippen LogP contribution in [0.1, 0.15) is 60.4 Å². The van der Waals surface area contributed by atoms with Crippen molar-refractivity contribution >= 4 is 5.78 Å². The second-order valence-electron chi connectivity index (χ2n) is 6.47. The molecule has 4 rings (SSSR count). The van der Waals surface area contributed by atoms with Gasteiger partial charge < -0.3 is 5.32 Å². The van der Waals surface area contributed by atoms with Gasteiger partial charge in [-0.3, -0.25) is 4.79 Å². The number of hydrogen-bond donors (Lipinski definition) is 1. The van der Waals surface area contributed by atoms with Crippen molar-refractivity contribution in [2.45, 2.75) is 56.5 Å². The number of hydrogen-bond acceptors (Lipinski definition) is 2. The van der Waals surface area contributed by atoms with Gasteiger partial charge in [0.05, 0.1) is 0 Å². The monoisotopic (exact) mass is 255 g/mol. The normalized spacial score (nSPS) is 33.4. The van der Waals surface area contributed by atoms with E-state index in [1.807, 2.05) is 6.07 Å². The number of rotatable bonds is 3. The van der Waals surface area contributed by atoms with Crippen molar-refractivity contribution in [3.8, 4) is 0 Å². The van der Waals surface area contributed by atoms with Crippen LogP contribution in [0.25, 0.3) is 0 Å². The lowest BCUT2D eigenvalue weighted by Crippen LogP contribution is -2.29. The summed E-state index contributed by atoms with van der Waals surface area (Å²) in [4.78, 5) is 12.9. The second kappa shape index (κ2) is 4.45. The van der Waals surface area contributed by atoms with Gasteiger partial charge in [-0.2, -0.15) is 0 Å². The van der Waals surface area contributed by atoms with Crippen molar-refractivity contribution in [3.05, 3.63) is 35.4 Å². The molecule has 1 aromatic carbocycles. The van der Waals surface area contributed by atoms with E-state index in [1.54, 1.807) is 0 Å². The molecule has 1 saturated carbocycles. The number of nitrogens with one attached hydrogen (secondary N) is 1. The van der Waals surface area contributed by atoms with E-state index in [2.05, 4.69) is 23.5 Å². The fourth-order valence-electron chi connectivity index (χ4n) is 4.11. The first-order valence-electron chi connectivity index (χ1n) is 7.72. The third-order valence-corrected chi connectivity index (χ3v) is 5.41. The molecule has 1 aliphatic carbocycles. The fraction of sp³-hybridized carbons (Fsp3) is 0.588. The summed E-state index contributed by atoms with van der Waals surface area (Å²) in [6.07, 6.45) is 7.36. The molecule has 1 N–H and O–H groups in total. The van der Waals surface area contributed by atoms with Crippen molar-refractivity contribution < 1.29 is 4.79 Å². The van der Waals surface area contributed by atoms with Gasteiger partial charge in [0.15, 0.2) is 5.78 Å². The van der Waals surface area contributed by atoms with Gasteiger partial charge >= 0.3 is 0 Å². The number of carbonyl (C=O) groups excluding carboxylic acids is 1. The van der Waals surface area contributed by atoms with Gasteiger partial charge in [-0.05, 0) is 43.6 Å². The molecule has 3 unspecified atom stereocenters. The zero-order chi connectivity index (χ0) is 12.8. The van der Waals surface area contributed by atoms with Gasteiger partial charge in [0.2, 0.25) is 0 Å². The highest BCUT2D eigenvalue weighted by Crippen LogP contribution is 2.40.